The van der Waals surface area contributed by atoms with E-state index in [2.05, 4.69) is 35.2 Å². The van der Waals surface area contributed by atoms with Crippen molar-refractivity contribution in [2.45, 2.75) is 37.5 Å². The van der Waals surface area contributed by atoms with Crippen LogP contribution in [0.3, 0.4) is 0 Å². The minimum Gasteiger partial charge on any atom is -0.357 e. The van der Waals surface area contributed by atoms with Crippen LogP contribution in [0.2, 0.25) is 0 Å². The highest BCUT2D eigenvalue weighted by Gasteiger charge is 2.30. The van der Waals surface area contributed by atoms with E-state index < -0.39 is 5.95 Å². The lowest BCUT2D eigenvalue weighted by molar-refractivity contribution is 0.0696. The second-order valence-corrected chi connectivity index (χ2v) is 13.3. The van der Waals surface area contributed by atoms with Gasteiger partial charge in [0.05, 0.1) is 5.56 Å². The maximum Gasteiger partial charge on any atom is 0.274 e. The number of piperidine rings is 2. The molecule has 2 N–H and O–H groups in total. The Morgan fingerprint density at radius 1 is 0.722 bits per heavy atom. The van der Waals surface area contributed by atoms with Gasteiger partial charge in [-0.25, -0.2) is 9.37 Å². The van der Waals surface area contributed by atoms with E-state index in [1.807, 2.05) is 42.5 Å². The monoisotopic (exact) mass is 731 g/mol. The number of halogens is 2. The second kappa shape index (κ2) is 15.2. The first kappa shape index (κ1) is 34.6. The second-order valence-electron chi connectivity index (χ2n) is 13.3. The molecule has 54 heavy (non-hydrogen) atoms. The number of hydrogen-bond donors (Lipinski definition) is 2. The number of rotatable bonds is 6. The van der Waals surface area contributed by atoms with Crippen LogP contribution in [0.5, 0.6) is 0 Å². The highest BCUT2D eigenvalue weighted by molar-refractivity contribution is 5.94. The molecule has 1 unspecified atom stereocenters. The average molecular weight is 732 g/mol. The summed E-state index contributed by atoms with van der Waals surface area (Å²) in [6, 6.07) is 21.9. The fraction of sp³-hybridized carbons (Fsp3) is 0.256. The fourth-order valence-electron chi connectivity index (χ4n) is 6.88. The number of para-hydroxylation sites is 1. The molecule has 2 aliphatic rings. The van der Waals surface area contributed by atoms with Gasteiger partial charge in [-0.2, -0.15) is 14.4 Å². The predicted molar refractivity (Wildman–Crippen MR) is 192 cm³/mol. The molecule has 0 saturated carbocycles. The van der Waals surface area contributed by atoms with E-state index in [0.717, 1.165) is 48.0 Å². The van der Waals surface area contributed by atoms with Gasteiger partial charge in [0.1, 0.15) is 17.2 Å². The number of H-pyrrole nitrogens is 2. The summed E-state index contributed by atoms with van der Waals surface area (Å²) in [5, 5.41) is 9.31. The van der Waals surface area contributed by atoms with Crippen LogP contribution in [0.15, 0.2) is 100 Å². The van der Waals surface area contributed by atoms with E-state index in [4.69, 9.17) is 9.05 Å². The third-order valence-electron chi connectivity index (χ3n) is 9.69. The molecule has 7 aromatic rings. The molecule has 0 radical (unpaired) electrons. The molecule has 0 aliphatic carbocycles. The molecule has 7 heterocycles. The van der Waals surface area contributed by atoms with Gasteiger partial charge >= 0.3 is 0 Å². The largest absolute Gasteiger partial charge is 0.357 e. The summed E-state index contributed by atoms with van der Waals surface area (Å²) < 4.78 is 36.9. The molecular weight excluding hydrogens is 696 g/mol. The van der Waals surface area contributed by atoms with Crippen LogP contribution in [0.4, 0.5) is 8.78 Å². The molecule has 0 spiro atoms. The van der Waals surface area contributed by atoms with Crippen molar-refractivity contribution in [1.29, 1.82) is 0 Å². The number of carbonyl (C=O) groups is 2. The van der Waals surface area contributed by atoms with E-state index in [1.54, 1.807) is 16.0 Å². The predicted octanol–water partition coefficient (Wildman–Crippen LogP) is 7.00. The van der Waals surface area contributed by atoms with Gasteiger partial charge in [0.2, 0.25) is 5.95 Å². The smallest absolute Gasteiger partial charge is 0.274 e. The average Bonchev–Trinajstić information content (AvgIpc) is 4.05. The van der Waals surface area contributed by atoms with Gasteiger partial charge in [-0.1, -0.05) is 28.5 Å². The maximum atomic E-state index is 13.0. The number of nitrogens with zero attached hydrogens (tertiary/aromatic N) is 7. The Morgan fingerprint density at radius 2 is 1.35 bits per heavy atom. The first-order chi connectivity index (χ1) is 26.4. The molecule has 5 aromatic heterocycles. The minimum absolute atomic E-state index is 0.0111. The summed E-state index contributed by atoms with van der Waals surface area (Å²) in [4.78, 5) is 47.7. The standard InChI is InChI=1S/C21H18FN5O2.C18H17FN4O2/c22-18-8-7-14(11-23-18)21(28)27-9-3-5-15(12-27)19-25-20(29-26-19)17-10-13-4-1-2-6-16(13)24-17;19-14-7-5-12(6-8-14)18(24)23-10-2-3-13(11-23)16-21-17(25-22-16)15-4-1-9-20-15/h1-2,4,6-8,10-11,15,24H,3,5,9,12H2;1,4-9,13,20H,2-3,10-11H2/t;13-/m.0/s1. The van der Waals surface area contributed by atoms with Crippen molar-refractivity contribution in [3.8, 4) is 23.2 Å². The first-order valence-electron chi connectivity index (χ1n) is 17.7. The summed E-state index contributed by atoms with van der Waals surface area (Å²) in [6.45, 7) is 2.33. The molecule has 2 aromatic carbocycles. The molecule has 0 bridgehead atoms. The lowest BCUT2D eigenvalue weighted by atomic mass is 9.96. The Morgan fingerprint density at radius 3 is 1.96 bits per heavy atom. The molecule has 2 fully saturated rings. The van der Waals surface area contributed by atoms with Crippen molar-refractivity contribution < 1.29 is 27.4 Å². The Kier molecular flexibility index (Phi) is 9.75. The number of fused-ring (bicyclic) bond motifs is 1. The summed E-state index contributed by atoms with van der Waals surface area (Å²) >= 11 is 0. The van der Waals surface area contributed by atoms with Gasteiger partial charge in [0.25, 0.3) is 23.6 Å². The zero-order valence-electron chi connectivity index (χ0n) is 29.0. The summed E-state index contributed by atoms with van der Waals surface area (Å²) in [5.74, 6) is 0.887. The van der Waals surface area contributed by atoms with Crippen LogP contribution >= 0.6 is 0 Å². The van der Waals surface area contributed by atoms with Crippen molar-refractivity contribution in [2.24, 2.45) is 0 Å². The number of aromatic nitrogens is 7. The SMILES string of the molecule is O=C(c1ccc(F)cc1)N1CCC[C@H](c2noc(-c3ccc[nH]3)n2)C1.O=C(c1ccc(F)nc1)N1CCCC(c2noc(-c3cc4ccccc4[nH]3)n2)C1. The molecule has 2 amide bonds. The number of nitrogens with one attached hydrogen (secondary N) is 2. The van der Waals surface area contributed by atoms with Crippen molar-refractivity contribution in [2.75, 3.05) is 26.2 Å². The fourth-order valence-corrected chi connectivity index (χ4v) is 6.88. The van der Waals surface area contributed by atoms with Crippen LogP contribution in [-0.2, 0) is 0 Å². The zero-order valence-corrected chi connectivity index (χ0v) is 29.0. The molecule has 15 heteroatoms. The van der Waals surface area contributed by atoms with Crippen LogP contribution in [-0.4, -0.2) is 83.0 Å². The van der Waals surface area contributed by atoms with Crippen molar-refractivity contribution in [1.82, 2.24) is 45.0 Å². The number of benzene rings is 2. The maximum absolute atomic E-state index is 13.0. The third-order valence-corrected chi connectivity index (χ3v) is 9.69. The molecular formula is C39H35F2N9O4. The number of carbonyl (C=O) groups excluding carboxylic acids is 2. The van der Waals surface area contributed by atoms with E-state index in [1.165, 1.54) is 42.6 Å². The molecule has 2 atom stereocenters. The highest BCUT2D eigenvalue weighted by atomic mass is 19.1. The van der Waals surface area contributed by atoms with Gasteiger partial charge in [-0.3, -0.25) is 9.59 Å². The molecule has 2 aliphatic heterocycles. The van der Waals surface area contributed by atoms with E-state index in [9.17, 15) is 18.4 Å². The van der Waals surface area contributed by atoms with Gasteiger partial charge in [-0.15, -0.1) is 0 Å². The van der Waals surface area contributed by atoms with Gasteiger partial charge < -0.3 is 28.8 Å². The number of aromatic amines is 2. The molecule has 2 saturated heterocycles. The number of hydrogen-bond acceptors (Lipinski definition) is 9. The van der Waals surface area contributed by atoms with Crippen molar-refractivity contribution >= 4 is 22.7 Å². The van der Waals surface area contributed by atoms with E-state index in [0.29, 0.717) is 60.7 Å². The quantitative estimate of drug-likeness (QED) is 0.172. The van der Waals surface area contributed by atoms with Gasteiger partial charge in [0.15, 0.2) is 11.6 Å². The third kappa shape index (κ3) is 7.51. The Bertz CT molecular complexity index is 2320. The van der Waals surface area contributed by atoms with Crippen LogP contribution in [0.1, 0.15) is 69.9 Å². The first-order valence-corrected chi connectivity index (χ1v) is 17.7. The lowest BCUT2D eigenvalue weighted by Gasteiger charge is -2.31. The number of likely N-dealkylation sites (tertiary alicyclic amines) is 2. The van der Waals surface area contributed by atoms with Crippen molar-refractivity contribution in [3.05, 3.63) is 126 Å². The molecule has 9 rings (SSSR count). The van der Waals surface area contributed by atoms with Crippen molar-refractivity contribution in [3.63, 3.8) is 0 Å². The molecule has 274 valence electrons. The van der Waals surface area contributed by atoms with E-state index >= 15 is 0 Å². The molecule has 13 nitrogen and oxygen atoms in total. The van der Waals surface area contributed by atoms with Gasteiger partial charge in [-0.05, 0) is 86.3 Å². The Labute approximate surface area is 307 Å². The topological polar surface area (TPSA) is 163 Å². The van der Waals surface area contributed by atoms with Gasteiger partial charge in [0, 0.05) is 66.9 Å². The Balaban J connectivity index is 0.000000155. The zero-order chi connectivity index (χ0) is 37.0. The number of amides is 2. The highest BCUT2D eigenvalue weighted by Crippen LogP contribution is 2.30. The number of pyridine rings is 1. The van der Waals surface area contributed by atoms with Crippen LogP contribution in [0.25, 0.3) is 34.1 Å². The summed E-state index contributed by atoms with van der Waals surface area (Å²) in [6.07, 6.45) is 6.53. The van der Waals surface area contributed by atoms with E-state index in [-0.39, 0.29) is 29.5 Å². The van der Waals surface area contributed by atoms with Crippen LogP contribution < -0.4 is 0 Å². The lowest BCUT2D eigenvalue weighted by Crippen LogP contribution is -2.39. The normalized spacial score (nSPS) is 17.3. The minimum atomic E-state index is -0.602. The van der Waals surface area contributed by atoms with Crippen LogP contribution in [0, 0.1) is 11.8 Å². The Hall–Kier alpha value is -6.51. The summed E-state index contributed by atoms with van der Waals surface area (Å²) in [5.41, 5.74) is 3.41. The summed E-state index contributed by atoms with van der Waals surface area (Å²) in [7, 11) is 0.